The summed E-state index contributed by atoms with van der Waals surface area (Å²) in [6.45, 7) is 6.01. The first kappa shape index (κ1) is 28.5. The van der Waals surface area contributed by atoms with Crippen LogP contribution in [0.2, 0.25) is 0 Å². The molecule has 5 unspecified atom stereocenters. The second-order valence-electron chi connectivity index (χ2n) is 11.4. The Morgan fingerprint density at radius 3 is 2.24 bits per heavy atom. The van der Waals surface area contributed by atoms with E-state index in [1.807, 2.05) is 48.5 Å². The van der Waals surface area contributed by atoms with Crippen LogP contribution in [-0.2, 0) is 14.4 Å². The lowest BCUT2D eigenvalue weighted by Crippen LogP contribution is -2.49. The third kappa shape index (κ3) is 6.01. The van der Waals surface area contributed by atoms with Gasteiger partial charge >= 0.3 is 0 Å². The van der Waals surface area contributed by atoms with Crippen molar-refractivity contribution in [2.45, 2.75) is 63.8 Å². The predicted octanol–water partition coefficient (Wildman–Crippen LogP) is 4.96. The number of aromatic nitrogens is 1. The smallest absolute Gasteiger partial charge is 0.243 e. The predicted molar refractivity (Wildman–Crippen MR) is 154 cm³/mol. The summed E-state index contributed by atoms with van der Waals surface area (Å²) in [4.78, 5) is 47.5. The van der Waals surface area contributed by atoms with Crippen LogP contribution >= 0.6 is 0 Å². The van der Waals surface area contributed by atoms with Gasteiger partial charge in [0.1, 0.15) is 12.2 Å². The summed E-state index contributed by atoms with van der Waals surface area (Å²) >= 11 is 0. The number of nitrogens with one attached hydrogen (secondary N) is 1. The summed E-state index contributed by atoms with van der Waals surface area (Å²) in [6.07, 6.45) is 2.37. The molecule has 0 spiro atoms. The number of carbonyl (C=O) groups is 3. The molecule has 3 aromatic rings. The molecule has 0 saturated carbocycles. The maximum atomic E-state index is 14.9. The zero-order valence-corrected chi connectivity index (χ0v) is 23.7. The van der Waals surface area contributed by atoms with Crippen LogP contribution in [0.5, 0.6) is 0 Å². The first-order valence-corrected chi connectivity index (χ1v) is 14.3. The molecule has 2 saturated heterocycles. The normalized spacial score (nSPS) is 23.0. The fourth-order valence-corrected chi connectivity index (χ4v) is 6.17. The number of rotatable bonds is 7. The first-order chi connectivity index (χ1) is 19.7. The molecule has 2 aliphatic heterocycles. The molecule has 2 aliphatic rings. The second-order valence-corrected chi connectivity index (χ2v) is 11.4. The molecule has 0 radical (unpaired) electrons. The molecule has 5 atom stereocenters. The summed E-state index contributed by atoms with van der Waals surface area (Å²) in [6, 6.07) is 19.5. The first-order valence-electron chi connectivity index (χ1n) is 14.3. The molecule has 2 aromatic carbocycles. The lowest BCUT2D eigenvalue weighted by atomic mass is 9.92. The van der Waals surface area contributed by atoms with E-state index in [0.29, 0.717) is 18.9 Å². The molecule has 0 bridgehead atoms. The van der Waals surface area contributed by atoms with Gasteiger partial charge in [-0.1, -0.05) is 74.5 Å². The largest absolute Gasteiger partial charge is 0.343 e. The zero-order chi connectivity index (χ0) is 29.1. The van der Waals surface area contributed by atoms with E-state index >= 15 is 0 Å². The Hall–Kier alpha value is -4.07. The Labute approximate surface area is 240 Å². The molecule has 5 rings (SSSR count). The number of likely N-dealkylation sites (tertiary alicyclic amines) is 2. The number of alkyl halides is 1. The average molecular weight is 557 g/mol. The van der Waals surface area contributed by atoms with Gasteiger partial charge in [-0.25, -0.2) is 4.39 Å². The molecule has 2 fully saturated rings. The van der Waals surface area contributed by atoms with E-state index in [9.17, 15) is 18.8 Å². The lowest BCUT2D eigenvalue weighted by molar-refractivity contribution is -0.143. The fraction of sp³-hybridized carbons (Fsp3) is 0.394. The Balaban J connectivity index is 1.41. The number of pyridine rings is 1. The third-order valence-corrected chi connectivity index (χ3v) is 8.34. The van der Waals surface area contributed by atoms with Crippen molar-refractivity contribution >= 4 is 17.7 Å². The van der Waals surface area contributed by atoms with E-state index in [0.717, 1.165) is 16.7 Å². The van der Waals surface area contributed by atoms with Gasteiger partial charge in [-0.2, -0.15) is 0 Å². The van der Waals surface area contributed by atoms with E-state index in [2.05, 4.69) is 36.3 Å². The Morgan fingerprint density at radius 1 is 0.927 bits per heavy atom. The Bertz CT molecular complexity index is 1370. The fourth-order valence-electron chi connectivity index (χ4n) is 6.17. The van der Waals surface area contributed by atoms with E-state index in [1.165, 1.54) is 17.4 Å². The molecule has 1 N–H and O–H groups in total. The number of amides is 3. The van der Waals surface area contributed by atoms with E-state index in [4.69, 9.17) is 0 Å². The van der Waals surface area contributed by atoms with E-state index in [-0.39, 0.29) is 30.7 Å². The summed E-state index contributed by atoms with van der Waals surface area (Å²) in [5.41, 5.74) is 3.75. The van der Waals surface area contributed by atoms with Crippen LogP contribution in [-0.4, -0.2) is 57.8 Å². The minimum absolute atomic E-state index is 0.0634. The topological polar surface area (TPSA) is 82.6 Å². The minimum atomic E-state index is -1.31. The highest BCUT2D eigenvalue weighted by Crippen LogP contribution is 2.40. The monoisotopic (exact) mass is 556 g/mol. The molecule has 3 heterocycles. The van der Waals surface area contributed by atoms with Crippen LogP contribution in [0.25, 0.3) is 0 Å². The number of carbonyl (C=O) groups excluding carboxylic acids is 3. The van der Waals surface area contributed by atoms with Crippen LogP contribution < -0.4 is 5.32 Å². The van der Waals surface area contributed by atoms with Gasteiger partial charge in [-0.3, -0.25) is 19.4 Å². The van der Waals surface area contributed by atoms with Gasteiger partial charge in [0.05, 0.1) is 24.5 Å². The molecule has 8 heteroatoms. The van der Waals surface area contributed by atoms with Gasteiger partial charge in [0.25, 0.3) is 0 Å². The highest BCUT2D eigenvalue weighted by Gasteiger charge is 2.48. The molecule has 1 aromatic heterocycles. The van der Waals surface area contributed by atoms with Crippen molar-refractivity contribution in [1.29, 1.82) is 0 Å². The highest BCUT2D eigenvalue weighted by molar-refractivity contribution is 5.90. The van der Waals surface area contributed by atoms with Crippen molar-refractivity contribution in [2.24, 2.45) is 5.92 Å². The quantitative estimate of drug-likeness (QED) is 0.446. The van der Waals surface area contributed by atoms with Crippen LogP contribution in [0.15, 0.2) is 79.1 Å². The Kier molecular flexibility index (Phi) is 8.47. The number of nitrogens with zero attached hydrogens (tertiary/aromatic N) is 3. The van der Waals surface area contributed by atoms with Crippen LogP contribution in [0.1, 0.15) is 73.9 Å². The lowest BCUT2D eigenvalue weighted by Gasteiger charge is -2.32. The molecule has 7 nitrogen and oxygen atoms in total. The van der Waals surface area contributed by atoms with Gasteiger partial charge in [0.15, 0.2) is 0 Å². The zero-order valence-electron chi connectivity index (χ0n) is 23.7. The van der Waals surface area contributed by atoms with Crippen molar-refractivity contribution in [3.05, 3.63) is 101 Å². The van der Waals surface area contributed by atoms with Crippen molar-refractivity contribution in [2.75, 3.05) is 13.1 Å². The van der Waals surface area contributed by atoms with Gasteiger partial charge in [0, 0.05) is 32.3 Å². The van der Waals surface area contributed by atoms with Gasteiger partial charge in [0.2, 0.25) is 17.7 Å². The molecular weight excluding hydrogens is 519 g/mol. The molecule has 214 valence electrons. The number of hydrogen-bond acceptors (Lipinski definition) is 4. The highest BCUT2D eigenvalue weighted by atomic mass is 19.1. The number of hydrogen-bond donors (Lipinski definition) is 1. The molecule has 0 aliphatic carbocycles. The minimum Gasteiger partial charge on any atom is -0.343 e. The Morgan fingerprint density at radius 2 is 1.61 bits per heavy atom. The molecule has 3 amide bonds. The van der Waals surface area contributed by atoms with E-state index in [1.54, 1.807) is 23.4 Å². The van der Waals surface area contributed by atoms with Crippen molar-refractivity contribution in [3.63, 3.8) is 0 Å². The van der Waals surface area contributed by atoms with Crippen LogP contribution in [0, 0.1) is 5.92 Å². The maximum Gasteiger partial charge on any atom is 0.243 e. The van der Waals surface area contributed by atoms with Gasteiger partial charge < -0.3 is 15.1 Å². The summed E-state index contributed by atoms with van der Waals surface area (Å²) in [7, 11) is 0. The van der Waals surface area contributed by atoms with E-state index < -0.39 is 30.2 Å². The van der Waals surface area contributed by atoms with Crippen LogP contribution in [0.4, 0.5) is 4.39 Å². The number of benzene rings is 2. The SMILES string of the molecule is CC(=O)N1CCC(C(=O)N2CC(F)CC2C(=O)NC(c2ccccc2)c2ccc(C(C)C)cc2)C1c1cccnc1. The standard InChI is InChI=1S/C33H37FN4O3/c1-21(2)23-11-13-25(14-12-23)30(24-8-5-4-6-9-24)36-32(40)29-18-27(34)20-38(29)33(41)28-15-17-37(22(3)39)31(28)26-10-7-16-35-19-26/h4-14,16,19,21,27-31H,15,17-18,20H2,1-3H3,(H,36,40). The van der Waals surface area contributed by atoms with Gasteiger partial charge in [-0.15, -0.1) is 0 Å². The van der Waals surface area contributed by atoms with Crippen molar-refractivity contribution < 1.29 is 18.8 Å². The van der Waals surface area contributed by atoms with Crippen molar-refractivity contribution in [3.8, 4) is 0 Å². The summed E-state index contributed by atoms with van der Waals surface area (Å²) in [5, 5.41) is 3.13. The van der Waals surface area contributed by atoms with Crippen molar-refractivity contribution in [1.82, 2.24) is 20.1 Å². The molecular formula is C33H37FN4O3. The second kappa shape index (κ2) is 12.2. The third-order valence-electron chi connectivity index (χ3n) is 8.34. The van der Waals surface area contributed by atoms with Crippen LogP contribution in [0.3, 0.4) is 0 Å². The summed E-state index contributed by atoms with van der Waals surface area (Å²) < 4.78 is 14.9. The summed E-state index contributed by atoms with van der Waals surface area (Å²) in [5.74, 6) is -1.04. The maximum absolute atomic E-state index is 14.9. The molecule has 41 heavy (non-hydrogen) atoms. The van der Waals surface area contributed by atoms with Gasteiger partial charge in [-0.05, 0) is 40.7 Å². The average Bonchev–Trinajstić information content (AvgIpc) is 3.61. The number of halogens is 1.